The van der Waals surface area contributed by atoms with E-state index in [1.165, 1.54) is 13.8 Å². The van der Waals surface area contributed by atoms with Crippen LogP contribution >= 0.6 is 0 Å². The number of ether oxygens (including phenoxy) is 4. The number of hydrogen-bond donors (Lipinski definition) is 2. The molecule has 1 aliphatic heterocycles. The maximum Gasteiger partial charge on any atom is 0.408 e. The molecule has 9 heteroatoms. The van der Waals surface area contributed by atoms with Gasteiger partial charge < -0.3 is 29.4 Å². The van der Waals surface area contributed by atoms with E-state index in [1.807, 2.05) is 0 Å². The zero-order valence-corrected chi connectivity index (χ0v) is 17.1. The van der Waals surface area contributed by atoms with Crippen molar-refractivity contribution in [2.75, 3.05) is 6.61 Å². The van der Waals surface area contributed by atoms with Gasteiger partial charge in [0.05, 0.1) is 12.2 Å². The number of amides is 1. The van der Waals surface area contributed by atoms with Crippen LogP contribution < -0.4 is 5.32 Å². The van der Waals surface area contributed by atoms with Crippen LogP contribution in [0, 0.1) is 0 Å². The number of aliphatic hydroxyl groups excluding tert-OH is 1. The van der Waals surface area contributed by atoms with E-state index in [-0.39, 0.29) is 6.61 Å². The van der Waals surface area contributed by atoms with Crippen molar-refractivity contribution in [1.29, 1.82) is 0 Å². The summed E-state index contributed by atoms with van der Waals surface area (Å²) < 4.78 is 20.7. The zero-order chi connectivity index (χ0) is 21.2. The Morgan fingerprint density at radius 3 is 1.96 bits per heavy atom. The minimum atomic E-state index is -1.45. The van der Waals surface area contributed by atoms with Crippen LogP contribution in [0.25, 0.3) is 0 Å². The van der Waals surface area contributed by atoms with Crippen LogP contribution in [0.1, 0.15) is 55.4 Å². The average Bonchev–Trinajstić information content (AvgIpc) is 2.37. The Balaban J connectivity index is 3.14. The van der Waals surface area contributed by atoms with E-state index in [1.54, 1.807) is 41.5 Å². The van der Waals surface area contributed by atoms with E-state index in [2.05, 4.69) is 5.32 Å². The molecule has 0 saturated carbocycles. The van der Waals surface area contributed by atoms with Gasteiger partial charge in [0.25, 0.3) is 5.79 Å². The number of alkyl carbamates (subject to hydrolysis) is 1. The minimum absolute atomic E-state index is 0.220. The van der Waals surface area contributed by atoms with Gasteiger partial charge >= 0.3 is 18.0 Å². The zero-order valence-electron chi connectivity index (χ0n) is 17.1. The number of carbonyl (C=O) groups excluding carboxylic acids is 3. The number of aliphatic hydroxyl groups is 1. The predicted molar refractivity (Wildman–Crippen MR) is 94.8 cm³/mol. The number of rotatable bonds is 4. The summed E-state index contributed by atoms with van der Waals surface area (Å²) in [4.78, 5) is 36.4. The molecule has 1 rings (SSSR count). The Labute approximate surface area is 159 Å². The average molecular weight is 387 g/mol. The number of cyclic esters (lactones) is 2. The molecule has 0 bridgehead atoms. The molecule has 1 fully saturated rings. The fraction of sp³-hybridized carbons (Fsp3) is 0.722. The molecule has 2 N–H and O–H groups in total. The molecular formula is C18H29NO8. The van der Waals surface area contributed by atoms with Crippen LogP contribution in [0.15, 0.2) is 11.3 Å². The molecule has 0 radical (unpaired) electrons. The van der Waals surface area contributed by atoms with Gasteiger partial charge in [-0.1, -0.05) is 0 Å². The number of esters is 2. The lowest BCUT2D eigenvalue weighted by molar-refractivity contribution is -0.222. The van der Waals surface area contributed by atoms with E-state index < -0.39 is 52.4 Å². The molecule has 1 saturated heterocycles. The highest BCUT2D eigenvalue weighted by Crippen LogP contribution is 2.25. The fourth-order valence-electron chi connectivity index (χ4n) is 2.01. The SMILES string of the molecule is CC(C)(C)OCC(NC(=O)OC(C)(C)C)C(O)=C1C(=O)OC(C)(C)OC1=O. The molecule has 1 unspecified atom stereocenters. The molecule has 154 valence electrons. The molecule has 1 amide bonds. The molecule has 1 atom stereocenters. The van der Waals surface area contributed by atoms with E-state index in [0.717, 1.165) is 0 Å². The van der Waals surface area contributed by atoms with E-state index in [0.29, 0.717) is 0 Å². The van der Waals surface area contributed by atoms with E-state index >= 15 is 0 Å². The van der Waals surface area contributed by atoms with Gasteiger partial charge in [-0.25, -0.2) is 14.4 Å². The lowest BCUT2D eigenvalue weighted by Crippen LogP contribution is -2.47. The fourth-order valence-corrected chi connectivity index (χ4v) is 2.01. The molecule has 0 aromatic carbocycles. The van der Waals surface area contributed by atoms with Crippen LogP contribution in [0.4, 0.5) is 4.79 Å². The smallest absolute Gasteiger partial charge is 0.408 e. The van der Waals surface area contributed by atoms with E-state index in [4.69, 9.17) is 18.9 Å². The first-order valence-corrected chi connectivity index (χ1v) is 8.54. The van der Waals surface area contributed by atoms with Crippen LogP contribution in [-0.4, -0.2) is 52.8 Å². The van der Waals surface area contributed by atoms with Crippen LogP contribution in [0.3, 0.4) is 0 Å². The predicted octanol–water partition coefficient (Wildman–Crippen LogP) is 2.34. The van der Waals surface area contributed by atoms with Crippen molar-refractivity contribution < 1.29 is 38.4 Å². The van der Waals surface area contributed by atoms with Gasteiger partial charge in [-0.05, 0) is 41.5 Å². The standard InChI is InChI=1S/C18H29NO8/c1-16(2,3)24-9-10(19-15(23)27-17(4,5)6)12(20)11-13(21)25-18(7,8)26-14(11)22/h10,20H,9H2,1-8H3,(H,19,23). The van der Waals surface area contributed by atoms with Crippen LogP contribution in [0.2, 0.25) is 0 Å². The largest absolute Gasteiger partial charge is 0.509 e. The van der Waals surface area contributed by atoms with Crippen molar-refractivity contribution in [2.45, 2.75) is 78.4 Å². The van der Waals surface area contributed by atoms with Gasteiger partial charge in [-0.15, -0.1) is 0 Å². The molecule has 9 nitrogen and oxygen atoms in total. The highest BCUT2D eigenvalue weighted by atomic mass is 16.7. The molecule has 1 aliphatic rings. The third kappa shape index (κ3) is 7.46. The Morgan fingerprint density at radius 1 is 1.07 bits per heavy atom. The summed E-state index contributed by atoms with van der Waals surface area (Å²) in [5, 5.41) is 12.9. The van der Waals surface area contributed by atoms with Crippen LogP contribution in [0.5, 0.6) is 0 Å². The monoisotopic (exact) mass is 387 g/mol. The Hall–Kier alpha value is -2.29. The number of carbonyl (C=O) groups is 3. The summed E-state index contributed by atoms with van der Waals surface area (Å²) in [6.07, 6.45) is -0.852. The van der Waals surface area contributed by atoms with Crippen LogP contribution in [-0.2, 0) is 28.5 Å². The first-order chi connectivity index (χ1) is 12.0. The van der Waals surface area contributed by atoms with Crippen molar-refractivity contribution in [1.82, 2.24) is 5.32 Å². The van der Waals surface area contributed by atoms with Crippen molar-refractivity contribution in [3.63, 3.8) is 0 Å². The second kappa shape index (κ2) is 7.75. The van der Waals surface area contributed by atoms with Gasteiger partial charge in [0.15, 0.2) is 5.57 Å². The summed E-state index contributed by atoms with van der Waals surface area (Å²) in [5.41, 5.74) is -2.09. The summed E-state index contributed by atoms with van der Waals surface area (Å²) >= 11 is 0. The Bertz CT molecular complexity index is 615. The van der Waals surface area contributed by atoms with Gasteiger partial charge in [-0.2, -0.15) is 0 Å². The topological polar surface area (TPSA) is 120 Å². The normalized spacial score (nSPS) is 18.3. The maximum atomic E-state index is 12.2. The molecule has 0 aliphatic carbocycles. The van der Waals surface area contributed by atoms with Crippen molar-refractivity contribution >= 4 is 18.0 Å². The van der Waals surface area contributed by atoms with Crippen molar-refractivity contribution in [2.24, 2.45) is 0 Å². The van der Waals surface area contributed by atoms with E-state index in [9.17, 15) is 19.5 Å². The molecule has 27 heavy (non-hydrogen) atoms. The second-order valence-corrected chi connectivity index (χ2v) is 8.56. The minimum Gasteiger partial charge on any atom is -0.509 e. The quantitative estimate of drug-likeness (QED) is 0.326. The summed E-state index contributed by atoms with van der Waals surface area (Å²) in [7, 11) is 0. The van der Waals surface area contributed by atoms with Gasteiger partial charge in [0.1, 0.15) is 17.4 Å². The summed E-state index contributed by atoms with van der Waals surface area (Å²) in [6, 6.07) is -1.23. The highest BCUT2D eigenvalue weighted by Gasteiger charge is 2.43. The Morgan fingerprint density at radius 2 is 1.56 bits per heavy atom. The molecular weight excluding hydrogens is 358 g/mol. The van der Waals surface area contributed by atoms with Gasteiger partial charge in [0, 0.05) is 13.8 Å². The number of hydrogen-bond acceptors (Lipinski definition) is 8. The Kier molecular flexibility index (Phi) is 6.53. The molecule has 0 aromatic heterocycles. The molecule has 0 aromatic rings. The highest BCUT2D eigenvalue weighted by molar-refractivity contribution is 6.15. The molecule has 0 spiro atoms. The van der Waals surface area contributed by atoms with Crippen molar-refractivity contribution in [3.8, 4) is 0 Å². The third-order valence-electron chi connectivity index (χ3n) is 3.05. The lowest BCUT2D eigenvalue weighted by Gasteiger charge is -2.31. The van der Waals surface area contributed by atoms with Gasteiger partial charge in [0.2, 0.25) is 0 Å². The second-order valence-electron chi connectivity index (χ2n) is 8.56. The van der Waals surface area contributed by atoms with Gasteiger partial charge in [-0.3, -0.25) is 0 Å². The first kappa shape index (κ1) is 22.8. The molecule has 1 heterocycles. The third-order valence-corrected chi connectivity index (χ3v) is 3.05. The maximum absolute atomic E-state index is 12.2. The van der Waals surface area contributed by atoms with Crippen molar-refractivity contribution in [3.05, 3.63) is 11.3 Å². The lowest BCUT2D eigenvalue weighted by atomic mass is 10.1. The first-order valence-electron chi connectivity index (χ1n) is 8.54. The summed E-state index contributed by atoms with van der Waals surface area (Å²) in [6.45, 7) is 12.9. The summed E-state index contributed by atoms with van der Waals surface area (Å²) in [5.74, 6) is -4.29. The number of nitrogens with one attached hydrogen (secondary N) is 1.